The first-order valence-electron chi connectivity index (χ1n) is 5.10. The van der Waals surface area contributed by atoms with E-state index in [4.69, 9.17) is 4.74 Å². The molecule has 1 aromatic carbocycles. The van der Waals surface area contributed by atoms with E-state index >= 15 is 0 Å². The van der Waals surface area contributed by atoms with Crippen molar-refractivity contribution >= 4 is 28.6 Å². The van der Waals surface area contributed by atoms with E-state index in [1.54, 1.807) is 0 Å². The zero-order valence-electron chi connectivity index (χ0n) is 8.57. The highest BCUT2D eigenvalue weighted by Gasteiger charge is 2.24. The number of alkyl halides is 1. The molecule has 80 valence electrons. The van der Waals surface area contributed by atoms with Crippen molar-refractivity contribution in [2.75, 3.05) is 0 Å². The quantitative estimate of drug-likeness (QED) is 0.318. The van der Waals surface area contributed by atoms with Gasteiger partial charge in [0.1, 0.15) is 5.75 Å². The van der Waals surface area contributed by atoms with Crippen LogP contribution in [0.5, 0.6) is 5.75 Å². The van der Waals surface area contributed by atoms with E-state index < -0.39 is 0 Å². The van der Waals surface area contributed by atoms with E-state index in [0.717, 1.165) is 24.2 Å². The molecule has 0 saturated heterocycles. The van der Waals surface area contributed by atoms with Gasteiger partial charge in [-0.05, 0) is 24.5 Å². The summed E-state index contributed by atoms with van der Waals surface area (Å²) in [6.07, 6.45) is 1.88. The summed E-state index contributed by atoms with van der Waals surface area (Å²) in [6, 6.07) is 7.79. The lowest BCUT2D eigenvalue weighted by molar-refractivity contribution is -0.138. The SMILES string of the molecule is C[C@H]1C[C@@H](I)Cc2ccccc2OC1=O. The highest BCUT2D eigenvalue weighted by molar-refractivity contribution is 14.1. The van der Waals surface area contributed by atoms with Crippen LogP contribution < -0.4 is 4.74 Å². The summed E-state index contributed by atoms with van der Waals surface area (Å²) in [5.41, 5.74) is 1.14. The highest BCUT2D eigenvalue weighted by Crippen LogP contribution is 2.28. The first kappa shape index (κ1) is 10.9. The number of para-hydroxylation sites is 1. The molecule has 0 aliphatic carbocycles. The molecule has 0 bridgehead atoms. The van der Waals surface area contributed by atoms with Crippen molar-refractivity contribution in [3.8, 4) is 5.75 Å². The molecule has 0 radical (unpaired) electrons. The first-order chi connectivity index (χ1) is 7.16. The molecular weight excluding hydrogens is 303 g/mol. The molecule has 15 heavy (non-hydrogen) atoms. The summed E-state index contributed by atoms with van der Waals surface area (Å²) >= 11 is 2.41. The summed E-state index contributed by atoms with van der Waals surface area (Å²) in [5, 5.41) is 0. The number of hydrogen-bond donors (Lipinski definition) is 0. The van der Waals surface area contributed by atoms with Gasteiger partial charge in [-0.3, -0.25) is 4.79 Å². The van der Waals surface area contributed by atoms with Crippen molar-refractivity contribution in [2.24, 2.45) is 5.92 Å². The number of fused-ring (bicyclic) bond motifs is 1. The van der Waals surface area contributed by atoms with E-state index in [1.807, 2.05) is 31.2 Å². The Morgan fingerprint density at radius 2 is 2.13 bits per heavy atom. The van der Waals surface area contributed by atoms with Gasteiger partial charge in [-0.25, -0.2) is 0 Å². The molecular formula is C12H13IO2. The average molecular weight is 316 g/mol. The van der Waals surface area contributed by atoms with Crippen molar-refractivity contribution < 1.29 is 9.53 Å². The van der Waals surface area contributed by atoms with Gasteiger partial charge in [0, 0.05) is 3.92 Å². The van der Waals surface area contributed by atoms with Gasteiger partial charge in [0.05, 0.1) is 5.92 Å². The van der Waals surface area contributed by atoms with E-state index in [-0.39, 0.29) is 11.9 Å². The lowest BCUT2D eigenvalue weighted by Crippen LogP contribution is -2.24. The fourth-order valence-corrected chi connectivity index (χ4v) is 3.02. The average Bonchev–Trinajstić information content (AvgIpc) is 2.19. The Morgan fingerprint density at radius 1 is 1.40 bits per heavy atom. The number of rotatable bonds is 0. The van der Waals surface area contributed by atoms with E-state index in [0.29, 0.717) is 3.92 Å². The molecule has 0 unspecified atom stereocenters. The number of hydrogen-bond acceptors (Lipinski definition) is 2. The van der Waals surface area contributed by atoms with Crippen molar-refractivity contribution in [3.63, 3.8) is 0 Å². The maximum atomic E-state index is 11.6. The maximum Gasteiger partial charge on any atom is 0.314 e. The monoisotopic (exact) mass is 316 g/mol. The van der Waals surface area contributed by atoms with Crippen LogP contribution in [-0.4, -0.2) is 9.89 Å². The minimum Gasteiger partial charge on any atom is -0.426 e. The molecule has 3 heteroatoms. The number of benzene rings is 1. The van der Waals surface area contributed by atoms with Crippen molar-refractivity contribution in [2.45, 2.75) is 23.7 Å². The standard InChI is InChI=1S/C12H13IO2/c1-8-6-10(13)7-9-4-2-3-5-11(9)15-12(8)14/h2-5,8,10H,6-7H2,1H3/t8-,10+/m0/s1. The van der Waals surface area contributed by atoms with Crippen LogP contribution in [0.1, 0.15) is 18.9 Å². The third kappa shape index (κ3) is 2.51. The Morgan fingerprint density at radius 3 is 2.93 bits per heavy atom. The number of halogens is 1. The molecule has 1 aliphatic heterocycles. The Bertz CT molecular complexity index is 376. The van der Waals surface area contributed by atoms with Gasteiger partial charge in [-0.1, -0.05) is 47.7 Å². The first-order valence-corrected chi connectivity index (χ1v) is 6.35. The minimum atomic E-state index is -0.108. The predicted octanol–water partition coefficient (Wildman–Crippen LogP) is 2.98. The molecule has 0 saturated carbocycles. The van der Waals surface area contributed by atoms with Crippen LogP contribution in [0.15, 0.2) is 24.3 Å². The Kier molecular flexibility index (Phi) is 3.29. The molecule has 0 N–H and O–H groups in total. The van der Waals surface area contributed by atoms with Gasteiger partial charge in [0.25, 0.3) is 0 Å². The number of carbonyl (C=O) groups is 1. The molecule has 0 fully saturated rings. The fraction of sp³-hybridized carbons (Fsp3) is 0.417. The molecule has 2 atom stereocenters. The minimum absolute atomic E-state index is 0.000237. The number of ether oxygens (including phenoxy) is 1. The van der Waals surface area contributed by atoms with Gasteiger partial charge < -0.3 is 4.74 Å². The van der Waals surface area contributed by atoms with E-state index in [2.05, 4.69) is 22.6 Å². The lowest BCUT2D eigenvalue weighted by atomic mass is 9.99. The summed E-state index contributed by atoms with van der Waals surface area (Å²) < 4.78 is 5.86. The largest absolute Gasteiger partial charge is 0.426 e. The number of carbonyl (C=O) groups excluding carboxylic acids is 1. The second-order valence-corrected chi connectivity index (χ2v) is 5.73. The second-order valence-electron chi connectivity index (χ2n) is 3.97. The predicted molar refractivity (Wildman–Crippen MR) is 67.4 cm³/mol. The fourth-order valence-electron chi connectivity index (χ4n) is 1.78. The molecule has 2 rings (SSSR count). The summed E-state index contributed by atoms with van der Waals surface area (Å²) in [5.74, 6) is 0.625. The molecule has 0 aromatic heterocycles. The highest BCUT2D eigenvalue weighted by atomic mass is 127. The van der Waals surface area contributed by atoms with E-state index in [9.17, 15) is 4.79 Å². The summed E-state index contributed by atoms with van der Waals surface area (Å²) in [7, 11) is 0. The zero-order chi connectivity index (χ0) is 10.8. The summed E-state index contributed by atoms with van der Waals surface area (Å²) in [6.45, 7) is 1.93. The molecule has 0 spiro atoms. The van der Waals surface area contributed by atoms with Crippen LogP contribution in [0.3, 0.4) is 0 Å². The van der Waals surface area contributed by atoms with Gasteiger partial charge in [0.15, 0.2) is 0 Å². The van der Waals surface area contributed by atoms with Crippen LogP contribution in [0.2, 0.25) is 0 Å². The van der Waals surface area contributed by atoms with Crippen LogP contribution in [-0.2, 0) is 11.2 Å². The van der Waals surface area contributed by atoms with Crippen molar-refractivity contribution in [3.05, 3.63) is 29.8 Å². The zero-order valence-corrected chi connectivity index (χ0v) is 10.7. The van der Waals surface area contributed by atoms with Gasteiger partial charge in [-0.2, -0.15) is 0 Å². The second kappa shape index (κ2) is 4.51. The third-order valence-electron chi connectivity index (χ3n) is 2.64. The normalized spacial score (nSPS) is 26.1. The topological polar surface area (TPSA) is 26.3 Å². The van der Waals surface area contributed by atoms with Gasteiger partial charge in [-0.15, -0.1) is 0 Å². The van der Waals surface area contributed by atoms with Gasteiger partial charge >= 0.3 is 5.97 Å². The number of esters is 1. The molecule has 1 aromatic rings. The Labute approximate surface area is 103 Å². The molecule has 2 nitrogen and oxygen atoms in total. The van der Waals surface area contributed by atoms with Crippen LogP contribution in [0, 0.1) is 5.92 Å². The maximum absolute atomic E-state index is 11.6. The molecule has 1 heterocycles. The van der Waals surface area contributed by atoms with Crippen LogP contribution >= 0.6 is 22.6 Å². The van der Waals surface area contributed by atoms with Crippen LogP contribution in [0.4, 0.5) is 0 Å². The third-order valence-corrected chi connectivity index (χ3v) is 3.59. The summed E-state index contributed by atoms with van der Waals surface area (Å²) in [4.78, 5) is 11.6. The van der Waals surface area contributed by atoms with Gasteiger partial charge in [0.2, 0.25) is 0 Å². The van der Waals surface area contributed by atoms with Crippen LogP contribution in [0.25, 0.3) is 0 Å². The smallest absolute Gasteiger partial charge is 0.314 e. The Hall–Kier alpha value is -0.580. The van der Waals surface area contributed by atoms with Crippen molar-refractivity contribution in [1.29, 1.82) is 0 Å². The van der Waals surface area contributed by atoms with E-state index in [1.165, 1.54) is 0 Å². The lowest BCUT2D eigenvalue weighted by Gasteiger charge is -2.21. The molecule has 1 aliphatic rings. The Balaban J connectivity index is 2.34. The van der Waals surface area contributed by atoms with Crippen molar-refractivity contribution in [1.82, 2.24) is 0 Å². The molecule has 0 amide bonds.